The topological polar surface area (TPSA) is 245 Å². The molecule has 10 heterocycles. The van der Waals surface area contributed by atoms with Crippen LogP contribution in [0.4, 0.5) is 17.6 Å². The average molecular weight is 2010 g/mol. The third-order valence-electron chi connectivity index (χ3n) is 36.4. The molecule has 17 unspecified atom stereocenters. The van der Waals surface area contributed by atoms with Crippen molar-refractivity contribution in [1.29, 1.82) is 0 Å². The summed E-state index contributed by atoms with van der Waals surface area (Å²) in [4.78, 5) is 41.0. The Hall–Kier alpha value is -5.05. The maximum absolute atomic E-state index is 14.8. The molecule has 16 saturated carbocycles. The molecule has 0 amide bonds. The molecule has 16 bridgehead atoms. The summed E-state index contributed by atoms with van der Waals surface area (Å²) in [5, 5.41) is 67.4. The maximum atomic E-state index is 14.8. The van der Waals surface area contributed by atoms with Crippen molar-refractivity contribution in [3.63, 3.8) is 0 Å². The second kappa shape index (κ2) is 42.9. The van der Waals surface area contributed by atoms with Gasteiger partial charge in [0.25, 0.3) is 0 Å². The van der Waals surface area contributed by atoms with E-state index in [9.17, 15) is 57.8 Å². The van der Waals surface area contributed by atoms with E-state index in [1.54, 1.807) is 88.2 Å². The number of aliphatic hydroxyl groups is 6. The minimum absolute atomic E-state index is 0. The molecule has 4 aromatic heterocycles. The summed E-state index contributed by atoms with van der Waals surface area (Å²) in [6.07, 6.45) is 41.8. The molecule has 18 nitrogen and oxygen atoms in total. The minimum atomic E-state index is -0.659. The normalized spacial score (nSPS) is 34.5. The molecule has 6 N–H and O–H groups in total. The molecule has 6 aliphatic heterocycles. The molecule has 22 aliphatic rings. The number of aromatic nitrogens is 8. The van der Waals surface area contributed by atoms with Gasteiger partial charge in [0, 0.05) is 84.1 Å². The zero-order valence-corrected chi connectivity index (χ0v) is 85.5. The molecule has 4 aromatic carbocycles. The van der Waals surface area contributed by atoms with Crippen molar-refractivity contribution in [2.24, 2.45) is 116 Å². The van der Waals surface area contributed by atoms with Crippen LogP contribution >= 0.6 is 0 Å². The van der Waals surface area contributed by atoms with Gasteiger partial charge in [0.1, 0.15) is 35.3 Å². The van der Waals surface area contributed by atoms with Gasteiger partial charge in [-0.15, -0.1) is 0 Å². The van der Waals surface area contributed by atoms with Crippen LogP contribution in [0.25, 0.3) is 45.0 Å². The number of fused-ring (bicyclic) bond motifs is 12. The van der Waals surface area contributed by atoms with E-state index in [1.165, 1.54) is 81.9 Å². The number of carbonyl (C=O) groups is 2. The minimum Gasteiger partial charge on any atom is -1.00 e. The molecule has 2 saturated heterocycles. The largest absolute Gasteiger partial charge is 2.00 e. The predicted molar refractivity (Wildman–Crippen MR) is 511 cm³/mol. The SMILES string of the molecule is C.C1CCOC1.C1CCOC1.CC(=O)C1C2CC3CC1CC(C(O)CC1c4c(F)cccc4-c4cncn41)(C3)C2.CC(C)(O)C1C2CC3CC1CC(C(O)CC1c4c(F)cccc4-c4cncn41)(C3)C2.CC(O)C1C2CC3CC1CC(C(O)CC1c4c(F)cccc4-c4cncn41)(C3)C2.O=CC1C2CC3CC1CC(C(O)CC1c4c(F)cccc4-c4cncn41)(C3)C2.[2H]CC.[Br-].[Br-].[CH3-].[CH3-].[Mg+2].[Mg+2]. The first kappa shape index (κ1) is 106. The Balaban J connectivity index is 0.000000144. The Labute approximate surface area is 852 Å². The van der Waals surface area contributed by atoms with E-state index in [1.807, 2.05) is 63.3 Å². The van der Waals surface area contributed by atoms with Crippen molar-refractivity contribution in [2.45, 2.75) is 289 Å². The fourth-order valence-corrected chi connectivity index (χ4v) is 32.7. The van der Waals surface area contributed by atoms with Crippen LogP contribution in [-0.2, 0) is 19.1 Å². The van der Waals surface area contributed by atoms with E-state index in [-0.39, 0.29) is 189 Å². The Morgan fingerprint density at radius 1 is 0.459 bits per heavy atom. The number of halogens is 6. The van der Waals surface area contributed by atoms with Gasteiger partial charge in [-0.2, -0.15) is 0 Å². The number of ether oxygens (including phenoxy) is 2. The molecule has 16 aliphatic carbocycles. The second-order valence-electron chi connectivity index (χ2n) is 43.9. The van der Waals surface area contributed by atoms with Crippen molar-refractivity contribution < 1.29 is 103 Å². The predicted octanol–water partition coefficient (Wildman–Crippen LogP) is 14.5. The quantitative estimate of drug-likeness (QED) is 0.0228. The van der Waals surface area contributed by atoms with Gasteiger partial charge in [-0.1, -0.05) is 69.8 Å². The molecule has 30 rings (SSSR count). The summed E-state index contributed by atoms with van der Waals surface area (Å²) in [7, 11) is 0. The smallest absolute Gasteiger partial charge is 1.00 e. The average Bonchev–Trinajstić information content (AvgIpc) is 1.61. The van der Waals surface area contributed by atoms with Gasteiger partial charge in [0.15, 0.2) is 0 Å². The number of hydrogen-bond donors (Lipinski definition) is 6. The van der Waals surface area contributed by atoms with Crippen molar-refractivity contribution in [1.82, 2.24) is 38.2 Å². The van der Waals surface area contributed by atoms with Crippen LogP contribution in [0.5, 0.6) is 0 Å². The number of nitrogens with zero attached hydrogens (tertiary/aromatic N) is 8. The number of aldehydes is 1. The summed E-state index contributed by atoms with van der Waals surface area (Å²) in [6, 6.07) is 20.0. The third-order valence-corrected chi connectivity index (χ3v) is 36.4. The zero-order valence-electron chi connectivity index (χ0n) is 80.5. The molecule has 0 radical (unpaired) electrons. The first-order valence-corrected chi connectivity index (χ1v) is 49.0. The fraction of sp³-hybridized carbons (Fsp3) is 0.633. The molecule has 8 aromatic rings. The van der Waals surface area contributed by atoms with Crippen LogP contribution in [0, 0.1) is 154 Å². The number of aliphatic hydroxyl groups excluding tert-OH is 5. The summed E-state index contributed by atoms with van der Waals surface area (Å²) >= 11 is 0. The molecular weight excluding hydrogens is 1870 g/mol. The first-order chi connectivity index (χ1) is 62.2. The zero-order chi connectivity index (χ0) is 89.5. The van der Waals surface area contributed by atoms with E-state index < -0.39 is 30.0 Å². The number of ketones is 1. The Kier molecular flexibility index (Phi) is 33.6. The van der Waals surface area contributed by atoms with Crippen molar-refractivity contribution in [3.05, 3.63) is 183 Å². The molecule has 0 spiro atoms. The van der Waals surface area contributed by atoms with Gasteiger partial charge in [0.2, 0.25) is 0 Å². The van der Waals surface area contributed by atoms with Gasteiger partial charge in [-0.3, -0.25) is 4.79 Å². The standard InChI is InChI=1S/C25H31FN2O2.C24H29FN2O2.C24H27FN2O2.C23H25FN2O2.2C4H8O.C2H6.CH4.2CH3.2BrH.2Mg/c1-24(2,30)23-15-6-14-7-16(23)11-25(9-14,10-15)21(29)8-19-22-17(4-3-5-18(22)26)20-12-27-13-28(19)20;2*1-13(28)22-15-5-14-6-16(22)10-24(8-14,9-15)21(29)7-19-23-17(3-2-4-18(23)25)20-11-26-12-27(19)20;24-18-3-1-2-16-20-10-25-12-26(20)19(22(16)18)6-21(28)23-7-13-4-14(8-23)17(11-27)15(5-13)9-23;2*1-2-4-5-3-1;1-2;;;;;;;/h3-5,12-16,19,21,23,29-30H,6-11H2,1-2H3;2-4,11-16,19,21-22,28-29H,5-10H2,1H3;2-4,11-12,14-16,19,21-22,29H,5-10H2,1H3;1-3,10-15,17,19,21,28H,4-9H2;2*1-4H2;1-2H3;1H4;2*1H3;2*1H;;/q;;;;;;;;2*-1;;;2*+2/p-2/i;;;;;;1D;;;;;;;. The Bertz CT molecular complexity index is 5320. The van der Waals surface area contributed by atoms with E-state index in [4.69, 9.17) is 10.8 Å². The molecule has 18 fully saturated rings. The molecule has 726 valence electrons. The fourth-order valence-electron chi connectivity index (χ4n) is 32.7. The number of rotatable bonds is 16. The van der Waals surface area contributed by atoms with E-state index in [0.717, 1.165) is 174 Å². The third kappa shape index (κ3) is 19.2. The second-order valence-corrected chi connectivity index (χ2v) is 43.9. The van der Waals surface area contributed by atoms with E-state index in [2.05, 4.69) is 19.9 Å². The number of imidazole rings is 4. The summed E-state index contributed by atoms with van der Waals surface area (Å²) in [6.45, 7) is 13.9. The van der Waals surface area contributed by atoms with Gasteiger partial charge in [-0.25, -0.2) is 37.5 Å². The van der Waals surface area contributed by atoms with Crippen molar-refractivity contribution in [2.75, 3.05) is 26.4 Å². The maximum Gasteiger partial charge on any atom is 2.00 e. The van der Waals surface area contributed by atoms with Crippen LogP contribution in [0.2, 0.25) is 0 Å². The number of Topliss-reactive ketones (excluding diaryl/α,β-unsaturated/α-hetero) is 1. The summed E-state index contributed by atoms with van der Waals surface area (Å²) in [5.41, 5.74) is 9.07. The Morgan fingerprint density at radius 2 is 0.711 bits per heavy atom. The van der Waals surface area contributed by atoms with Crippen LogP contribution in [0.3, 0.4) is 0 Å². The number of hydrogen-bond acceptors (Lipinski definition) is 14. The van der Waals surface area contributed by atoms with Crippen molar-refractivity contribution >= 4 is 58.2 Å². The van der Waals surface area contributed by atoms with Crippen LogP contribution in [-0.4, -0.2) is 190 Å². The van der Waals surface area contributed by atoms with Gasteiger partial charge < -0.3 is 112 Å². The Morgan fingerprint density at radius 3 is 0.963 bits per heavy atom. The van der Waals surface area contributed by atoms with E-state index >= 15 is 0 Å². The number of carbonyl (C=O) groups excluding carboxylic acids is 2. The van der Waals surface area contributed by atoms with Crippen LogP contribution in [0.1, 0.15) is 277 Å². The first-order valence-electron chi connectivity index (χ1n) is 49.7. The molecule has 17 atom stereocenters. The van der Waals surface area contributed by atoms with Crippen LogP contribution < -0.4 is 34.0 Å². The monoisotopic (exact) mass is 2010 g/mol. The van der Waals surface area contributed by atoms with Gasteiger partial charge >= 0.3 is 46.1 Å². The van der Waals surface area contributed by atoms with E-state index in [0.29, 0.717) is 143 Å². The molecule has 26 heteroatoms. The van der Waals surface area contributed by atoms with Crippen molar-refractivity contribution in [3.8, 4) is 45.0 Å². The molecular formula is C109H144Br2F4Mg2N8O10. The summed E-state index contributed by atoms with van der Waals surface area (Å²) < 4.78 is 83.4. The van der Waals surface area contributed by atoms with Crippen LogP contribution in [0.15, 0.2) is 123 Å². The van der Waals surface area contributed by atoms with Gasteiger partial charge in [0.05, 0.1) is 133 Å². The summed E-state index contributed by atoms with van der Waals surface area (Å²) in [5.74, 6) is 6.95. The van der Waals surface area contributed by atoms with Gasteiger partial charge in [-0.05, 0) is 336 Å². The molecule has 135 heavy (non-hydrogen) atoms. The number of benzene rings is 4.